The summed E-state index contributed by atoms with van der Waals surface area (Å²) >= 11 is 3.28. The number of esters is 2. The molecular formula is C26H22BrNO9. The lowest BCUT2D eigenvalue weighted by Crippen LogP contribution is -2.48. The number of carbonyl (C=O) groups is 4. The molecular weight excluding hydrogens is 550 g/mol. The Kier molecular flexibility index (Phi) is 9.22. The second-order valence-electron chi connectivity index (χ2n) is 7.42. The standard InChI is InChI=1S/C26H22BrNO9/c1-34-17-9-5-7-15(13-17)25(32)36-21(23(29)28-20-12-4-3-11-19(20)27)22(24(30)31)37-26(33)16-8-6-10-18(14-16)35-2/h3-14,21-22H,1-2H3,(H,28,29)(H,30,31)/t21-,22-/m0/s1. The number of carboxylic acids is 1. The number of methoxy groups -OCH3 is 2. The van der Waals surface area contributed by atoms with E-state index in [0.29, 0.717) is 16.0 Å². The Morgan fingerprint density at radius 1 is 0.757 bits per heavy atom. The number of hydrogen-bond donors (Lipinski definition) is 2. The molecule has 3 aromatic carbocycles. The first-order valence-corrected chi connectivity index (χ1v) is 11.5. The molecule has 10 nitrogen and oxygen atoms in total. The Balaban J connectivity index is 1.94. The molecule has 0 aliphatic rings. The summed E-state index contributed by atoms with van der Waals surface area (Å²) in [4.78, 5) is 51.0. The van der Waals surface area contributed by atoms with Gasteiger partial charge in [0.25, 0.3) is 5.91 Å². The van der Waals surface area contributed by atoms with Gasteiger partial charge in [0.15, 0.2) is 0 Å². The van der Waals surface area contributed by atoms with E-state index in [9.17, 15) is 24.3 Å². The van der Waals surface area contributed by atoms with Gasteiger partial charge >= 0.3 is 17.9 Å². The summed E-state index contributed by atoms with van der Waals surface area (Å²) in [5, 5.41) is 12.4. The lowest BCUT2D eigenvalue weighted by Gasteiger charge is -2.24. The molecule has 37 heavy (non-hydrogen) atoms. The highest BCUT2D eigenvalue weighted by Gasteiger charge is 2.41. The summed E-state index contributed by atoms with van der Waals surface area (Å²) in [6, 6.07) is 18.2. The van der Waals surface area contributed by atoms with Gasteiger partial charge in [0.1, 0.15) is 11.5 Å². The van der Waals surface area contributed by atoms with E-state index in [1.54, 1.807) is 36.4 Å². The topological polar surface area (TPSA) is 137 Å². The van der Waals surface area contributed by atoms with Crippen molar-refractivity contribution >= 4 is 45.4 Å². The molecule has 0 radical (unpaired) electrons. The van der Waals surface area contributed by atoms with Crippen LogP contribution in [-0.4, -0.2) is 55.3 Å². The van der Waals surface area contributed by atoms with Crippen LogP contribution in [0.4, 0.5) is 5.69 Å². The van der Waals surface area contributed by atoms with Crippen LogP contribution in [0.25, 0.3) is 0 Å². The third kappa shape index (κ3) is 7.07. The first-order valence-electron chi connectivity index (χ1n) is 10.7. The zero-order chi connectivity index (χ0) is 26.9. The summed E-state index contributed by atoms with van der Waals surface area (Å²) in [5.41, 5.74) is 0.231. The Bertz CT molecular complexity index is 1310. The van der Waals surface area contributed by atoms with E-state index in [-0.39, 0.29) is 16.8 Å². The monoisotopic (exact) mass is 571 g/mol. The van der Waals surface area contributed by atoms with Gasteiger partial charge in [-0.1, -0.05) is 24.3 Å². The Morgan fingerprint density at radius 2 is 1.27 bits per heavy atom. The Morgan fingerprint density at radius 3 is 1.76 bits per heavy atom. The summed E-state index contributed by atoms with van der Waals surface area (Å²) in [5.74, 6) is -4.18. The van der Waals surface area contributed by atoms with Gasteiger partial charge in [-0.05, 0) is 64.5 Å². The van der Waals surface area contributed by atoms with Crippen LogP contribution >= 0.6 is 15.9 Å². The van der Waals surface area contributed by atoms with E-state index in [2.05, 4.69) is 21.2 Å². The van der Waals surface area contributed by atoms with Crippen molar-refractivity contribution in [2.24, 2.45) is 0 Å². The van der Waals surface area contributed by atoms with Gasteiger partial charge in [0.05, 0.1) is 31.0 Å². The molecule has 0 spiro atoms. The molecule has 0 saturated carbocycles. The molecule has 2 atom stereocenters. The predicted octanol–water partition coefficient (Wildman–Crippen LogP) is 3.94. The van der Waals surface area contributed by atoms with E-state index < -0.39 is 36.0 Å². The predicted molar refractivity (Wildman–Crippen MR) is 135 cm³/mol. The number of rotatable bonds is 10. The van der Waals surface area contributed by atoms with Gasteiger partial charge < -0.3 is 29.4 Å². The Labute approximate surface area is 220 Å². The number of aliphatic carboxylic acids is 1. The average Bonchev–Trinajstić information content (AvgIpc) is 2.91. The maximum absolute atomic E-state index is 13.2. The lowest BCUT2D eigenvalue weighted by molar-refractivity contribution is -0.157. The summed E-state index contributed by atoms with van der Waals surface area (Å²) in [7, 11) is 2.79. The molecule has 0 aromatic heterocycles. The fourth-order valence-corrected chi connectivity index (χ4v) is 3.51. The van der Waals surface area contributed by atoms with Crippen LogP contribution in [0.3, 0.4) is 0 Å². The minimum absolute atomic E-state index is 0.0127. The van der Waals surface area contributed by atoms with Crippen LogP contribution in [0.1, 0.15) is 20.7 Å². The molecule has 2 N–H and O–H groups in total. The minimum atomic E-state index is -2.18. The molecule has 0 fully saturated rings. The first kappa shape index (κ1) is 27.2. The van der Waals surface area contributed by atoms with Crippen molar-refractivity contribution in [3.63, 3.8) is 0 Å². The van der Waals surface area contributed by atoms with Gasteiger partial charge in [0, 0.05) is 4.47 Å². The fourth-order valence-electron chi connectivity index (χ4n) is 3.13. The molecule has 192 valence electrons. The first-order chi connectivity index (χ1) is 17.7. The van der Waals surface area contributed by atoms with E-state index in [0.717, 1.165) is 0 Å². The second-order valence-corrected chi connectivity index (χ2v) is 8.28. The molecule has 0 heterocycles. The smallest absolute Gasteiger partial charge is 0.349 e. The highest BCUT2D eigenvalue weighted by Crippen LogP contribution is 2.23. The third-order valence-electron chi connectivity index (χ3n) is 4.99. The number of carboxylic acid groups (broad SMARTS) is 1. The van der Waals surface area contributed by atoms with Crippen molar-refractivity contribution in [1.29, 1.82) is 0 Å². The van der Waals surface area contributed by atoms with Gasteiger partial charge in [-0.3, -0.25) is 4.79 Å². The van der Waals surface area contributed by atoms with Gasteiger partial charge in [-0.15, -0.1) is 0 Å². The molecule has 0 saturated heterocycles. The van der Waals surface area contributed by atoms with Crippen LogP contribution in [-0.2, 0) is 19.1 Å². The van der Waals surface area contributed by atoms with Crippen molar-refractivity contribution in [3.05, 3.63) is 88.4 Å². The average molecular weight is 572 g/mol. The second kappa shape index (κ2) is 12.5. The van der Waals surface area contributed by atoms with Gasteiger partial charge in [-0.2, -0.15) is 0 Å². The normalized spacial score (nSPS) is 12.0. The molecule has 11 heteroatoms. The molecule has 0 aliphatic carbocycles. The number of nitrogens with one attached hydrogen (secondary N) is 1. The van der Waals surface area contributed by atoms with Crippen LogP contribution in [0.15, 0.2) is 77.3 Å². The van der Waals surface area contributed by atoms with Gasteiger partial charge in [-0.25, -0.2) is 14.4 Å². The number of halogens is 1. The molecule has 3 aromatic rings. The lowest BCUT2D eigenvalue weighted by atomic mass is 10.1. The molecule has 0 aliphatic heterocycles. The number of hydrogen-bond acceptors (Lipinski definition) is 8. The fraction of sp³-hybridized carbons (Fsp3) is 0.154. The zero-order valence-corrected chi connectivity index (χ0v) is 21.3. The third-order valence-corrected chi connectivity index (χ3v) is 5.68. The summed E-state index contributed by atoms with van der Waals surface area (Å²) in [6.07, 6.45) is -4.24. The zero-order valence-electron chi connectivity index (χ0n) is 19.7. The molecule has 0 unspecified atom stereocenters. The van der Waals surface area contributed by atoms with E-state index >= 15 is 0 Å². The number of para-hydroxylation sites is 1. The van der Waals surface area contributed by atoms with Crippen molar-refractivity contribution in [2.75, 3.05) is 19.5 Å². The van der Waals surface area contributed by atoms with Crippen molar-refractivity contribution in [3.8, 4) is 11.5 Å². The summed E-state index contributed by atoms with van der Waals surface area (Å²) < 4.78 is 21.1. The Hall–Kier alpha value is -4.38. The van der Waals surface area contributed by atoms with E-state index in [1.807, 2.05) is 0 Å². The van der Waals surface area contributed by atoms with E-state index in [1.165, 1.54) is 50.6 Å². The largest absolute Gasteiger partial charge is 0.497 e. The minimum Gasteiger partial charge on any atom is -0.497 e. The maximum atomic E-state index is 13.2. The maximum Gasteiger partial charge on any atom is 0.349 e. The number of ether oxygens (including phenoxy) is 4. The van der Waals surface area contributed by atoms with Crippen LogP contribution in [0.2, 0.25) is 0 Å². The van der Waals surface area contributed by atoms with Crippen LogP contribution in [0, 0.1) is 0 Å². The SMILES string of the molecule is COc1cccc(C(=O)O[C@H](C(=O)O)[C@H](OC(=O)c2cccc(OC)c2)C(=O)Nc2ccccc2Br)c1. The molecule has 0 bridgehead atoms. The summed E-state index contributed by atoms with van der Waals surface area (Å²) in [6.45, 7) is 0. The van der Waals surface area contributed by atoms with Crippen LogP contribution < -0.4 is 14.8 Å². The number of anilines is 1. The van der Waals surface area contributed by atoms with E-state index in [4.69, 9.17) is 18.9 Å². The highest BCUT2D eigenvalue weighted by atomic mass is 79.9. The number of carbonyl (C=O) groups excluding carboxylic acids is 3. The van der Waals surface area contributed by atoms with Gasteiger partial charge in [0.2, 0.25) is 12.2 Å². The number of amides is 1. The van der Waals surface area contributed by atoms with Crippen LogP contribution in [0.5, 0.6) is 11.5 Å². The number of benzene rings is 3. The van der Waals surface area contributed by atoms with Crippen molar-refractivity contribution < 1.29 is 43.2 Å². The molecule has 3 rings (SSSR count). The quantitative estimate of drug-likeness (QED) is 0.346. The van der Waals surface area contributed by atoms with Crippen molar-refractivity contribution in [1.82, 2.24) is 0 Å². The highest BCUT2D eigenvalue weighted by molar-refractivity contribution is 9.10. The van der Waals surface area contributed by atoms with Crippen molar-refractivity contribution in [2.45, 2.75) is 12.2 Å². The molecule has 1 amide bonds.